The highest BCUT2D eigenvalue weighted by Crippen LogP contribution is 2.11. The molecule has 0 atom stereocenters. The van der Waals surface area contributed by atoms with Crippen molar-refractivity contribution in [2.75, 3.05) is 26.8 Å². The van der Waals surface area contributed by atoms with Crippen LogP contribution in [0, 0.1) is 0 Å². The van der Waals surface area contributed by atoms with E-state index in [0.29, 0.717) is 0 Å². The van der Waals surface area contributed by atoms with Crippen LogP contribution < -0.4 is 15.8 Å². The topological polar surface area (TPSA) is 111 Å². The van der Waals surface area contributed by atoms with Gasteiger partial charge in [0.15, 0.2) is 0 Å². The number of halogens is 1. The molecule has 0 aromatic heterocycles. The Kier molecular flexibility index (Phi) is 8.71. The molecule has 1 amide bonds. The SMILES string of the molecule is COCCNS(=O)(=O)c1cccc(C(=O)NCC(C)(C)N)c1.Cl. The molecule has 0 fully saturated rings. The van der Waals surface area contributed by atoms with E-state index in [4.69, 9.17) is 10.5 Å². The van der Waals surface area contributed by atoms with Gasteiger partial charge in [-0.15, -0.1) is 12.4 Å². The third-order valence-electron chi connectivity index (χ3n) is 2.71. The maximum absolute atomic E-state index is 12.1. The van der Waals surface area contributed by atoms with Gasteiger partial charge in [0.2, 0.25) is 10.0 Å². The molecule has 1 aromatic rings. The standard InChI is InChI=1S/C14H23N3O4S.ClH/c1-14(2,15)10-16-13(18)11-5-4-6-12(9-11)22(19,20)17-7-8-21-3;/h4-6,9,17H,7-8,10,15H2,1-3H3,(H,16,18);1H. The minimum atomic E-state index is -3.67. The molecule has 7 nitrogen and oxygen atoms in total. The summed E-state index contributed by atoms with van der Waals surface area (Å²) < 4.78 is 31.4. The van der Waals surface area contributed by atoms with Gasteiger partial charge in [0, 0.05) is 31.3 Å². The van der Waals surface area contributed by atoms with Gasteiger partial charge in [0.25, 0.3) is 5.91 Å². The molecule has 132 valence electrons. The van der Waals surface area contributed by atoms with Crippen molar-refractivity contribution in [1.29, 1.82) is 0 Å². The van der Waals surface area contributed by atoms with Gasteiger partial charge in [-0.3, -0.25) is 4.79 Å². The van der Waals surface area contributed by atoms with Crippen molar-refractivity contribution >= 4 is 28.3 Å². The second-order valence-corrected chi connectivity index (χ2v) is 7.36. The van der Waals surface area contributed by atoms with Crippen molar-refractivity contribution in [3.8, 4) is 0 Å². The van der Waals surface area contributed by atoms with Crippen molar-refractivity contribution < 1.29 is 17.9 Å². The number of hydrogen-bond acceptors (Lipinski definition) is 5. The molecule has 0 spiro atoms. The molecule has 4 N–H and O–H groups in total. The van der Waals surface area contributed by atoms with Gasteiger partial charge in [-0.1, -0.05) is 6.07 Å². The Labute approximate surface area is 143 Å². The first-order valence-corrected chi connectivity index (χ1v) is 8.30. The fraction of sp³-hybridized carbons (Fsp3) is 0.500. The van der Waals surface area contributed by atoms with E-state index in [0.717, 1.165) is 0 Å². The van der Waals surface area contributed by atoms with Gasteiger partial charge in [-0.25, -0.2) is 13.1 Å². The van der Waals surface area contributed by atoms with Crippen LogP contribution in [0.3, 0.4) is 0 Å². The number of hydrogen-bond donors (Lipinski definition) is 3. The van der Waals surface area contributed by atoms with Crippen molar-refractivity contribution in [3.63, 3.8) is 0 Å². The van der Waals surface area contributed by atoms with Crippen LogP contribution in [0.1, 0.15) is 24.2 Å². The zero-order valence-electron chi connectivity index (χ0n) is 13.5. The largest absolute Gasteiger partial charge is 0.383 e. The molecule has 0 saturated carbocycles. The van der Waals surface area contributed by atoms with E-state index in [2.05, 4.69) is 10.0 Å². The summed E-state index contributed by atoms with van der Waals surface area (Å²) in [5.74, 6) is -0.368. The molecular weight excluding hydrogens is 342 g/mol. The summed E-state index contributed by atoms with van der Waals surface area (Å²) in [5.41, 5.74) is 5.52. The van der Waals surface area contributed by atoms with Crippen LogP contribution in [0.25, 0.3) is 0 Å². The highest BCUT2D eigenvalue weighted by Gasteiger charge is 2.17. The lowest BCUT2D eigenvalue weighted by Crippen LogP contribution is -2.45. The first-order chi connectivity index (χ1) is 10.2. The molecule has 0 saturated heterocycles. The van der Waals surface area contributed by atoms with Gasteiger partial charge in [-0.05, 0) is 32.0 Å². The van der Waals surface area contributed by atoms with Crippen molar-refractivity contribution in [2.45, 2.75) is 24.3 Å². The predicted molar refractivity (Wildman–Crippen MR) is 91.4 cm³/mol. The van der Waals surface area contributed by atoms with E-state index in [1.807, 2.05) is 0 Å². The van der Waals surface area contributed by atoms with Gasteiger partial charge in [0.1, 0.15) is 0 Å². The zero-order chi connectivity index (χ0) is 16.8. The summed E-state index contributed by atoms with van der Waals surface area (Å²) in [7, 11) is -2.18. The van der Waals surface area contributed by atoms with Gasteiger partial charge in [-0.2, -0.15) is 0 Å². The van der Waals surface area contributed by atoms with E-state index in [-0.39, 0.29) is 48.5 Å². The molecule has 0 unspecified atom stereocenters. The summed E-state index contributed by atoms with van der Waals surface area (Å²) >= 11 is 0. The van der Waals surface area contributed by atoms with Crippen molar-refractivity contribution in [3.05, 3.63) is 29.8 Å². The monoisotopic (exact) mass is 365 g/mol. The van der Waals surface area contributed by atoms with Gasteiger partial charge in [0.05, 0.1) is 11.5 Å². The van der Waals surface area contributed by atoms with Crippen LogP contribution >= 0.6 is 12.4 Å². The molecule has 0 aliphatic heterocycles. The van der Waals surface area contributed by atoms with Crippen LogP contribution in [-0.2, 0) is 14.8 Å². The summed E-state index contributed by atoms with van der Waals surface area (Å²) in [4.78, 5) is 12.1. The lowest BCUT2D eigenvalue weighted by Gasteiger charge is -2.19. The molecule has 0 aliphatic rings. The number of methoxy groups -OCH3 is 1. The summed E-state index contributed by atoms with van der Waals surface area (Å²) in [6.07, 6.45) is 0. The highest BCUT2D eigenvalue weighted by molar-refractivity contribution is 7.89. The molecule has 0 radical (unpaired) electrons. The maximum Gasteiger partial charge on any atom is 0.251 e. The Hall–Kier alpha value is -1.19. The van der Waals surface area contributed by atoms with E-state index in [1.165, 1.54) is 25.3 Å². The molecule has 9 heteroatoms. The number of carbonyl (C=O) groups excluding carboxylic acids is 1. The lowest BCUT2D eigenvalue weighted by atomic mass is 10.1. The number of sulfonamides is 1. The third-order valence-corrected chi connectivity index (χ3v) is 4.17. The van der Waals surface area contributed by atoms with Gasteiger partial charge < -0.3 is 15.8 Å². The van der Waals surface area contributed by atoms with Crippen molar-refractivity contribution in [2.24, 2.45) is 5.73 Å². The van der Waals surface area contributed by atoms with Crippen LogP contribution in [0.4, 0.5) is 0 Å². The second-order valence-electron chi connectivity index (χ2n) is 5.59. The Morgan fingerprint density at radius 1 is 1.35 bits per heavy atom. The smallest absolute Gasteiger partial charge is 0.251 e. The number of carbonyl (C=O) groups is 1. The number of rotatable bonds is 8. The molecular formula is C14H24ClN3O4S. The number of benzene rings is 1. The van der Waals surface area contributed by atoms with Gasteiger partial charge >= 0.3 is 0 Å². The van der Waals surface area contributed by atoms with Crippen LogP contribution in [0.15, 0.2) is 29.2 Å². The molecule has 0 bridgehead atoms. The van der Waals surface area contributed by atoms with Crippen LogP contribution in [0.2, 0.25) is 0 Å². The fourth-order valence-electron chi connectivity index (χ4n) is 1.58. The summed E-state index contributed by atoms with van der Waals surface area (Å²) in [5, 5.41) is 2.67. The molecule has 23 heavy (non-hydrogen) atoms. The average Bonchev–Trinajstić information content (AvgIpc) is 2.44. The fourth-order valence-corrected chi connectivity index (χ4v) is 2.63. The Bertz CT molecular complexity index is 615. The van der Waals surface area contributed by atoms with E-state index >= 15 is 0 Å². The van der Waals surface area contributed by atoms with E-state index in [1.54, 1.807) is 19.9 Å². The second kappa shape index (κ2) is 9.19. The summed E-state index contributed by atoms with van der Waals surface area (Å²) in [6, 6.07) is 5.83. The van der Waals surface area contributed by atoms with Crippen LogP contribution in [0.5, 0.6) is 0 Å². The number of amides is 1. The normalized spacial score (nSPS) is 11.7. The third kappa shape index (κ3) is 7.76. The molecule has 0 aliphatic carbocycles. The van der Waals surface area contributed by atoms with E-state index < -0.39 is 15.6 Å². The van der Waals surface area contributed by atoms with Crippen LogP contribution in [-0.4, -0.2) is 46.7 Å². The number of ether oxygens (including phenoxy) is 1. The predicted octanol–water partition coefficient (Wildman–Crippen LogP) is 0.500. The average molecular weight is 366 g/mol. The summed E-state index contributed by atoms with van der Waals surface area (Å²) in [6.45, 7) is 4.29. The molecule has 1 rings (SSSR count). The quantitative estimate of drug-likeness (QED) is 0.581. The van der Waals surface area contributed by atoms with Crippen molar-refractivity contribution in [1.82, 2.24) is 10.0 Å². The minimum Gasteiger partial charge on any atom is -0.383 e. The first kappa shape index (κ1) is 21.8. The molecule has 0 heterocycles. The highest BCUT2D eigenvalue weighted by atomic mass is 35.5. The Morgan fingerprint density at radius 2 is 2.00 bits per heavy atom. The number of nitrogens with two attached hydrogens (primary N) is 1. The lowest BCUT2D eigenvalue weighted by molar-refractivity contribution is 0.0946. The number of nitrogens with one attached hydrogen (secondary N) is 2. The minimum absolute atomic E-state index is 0. The Balaban J connectivity index is 0.00000484. The first-order valence-electron chi connectivity index (χ1n) is 6.81. The zero-order valence-corrected chi connectivity index (χ0v) is 15.1. The molecule has 1 aromatic carbocycles. The van der Waals surface area contributed by atoms with E-state index in [9.17, 15) is 13.2 Å². The maximum atomic E-state index is 12.1. The Morgan fingerprint density at radius 3 is 2.57 bits per heavy atom.